The number of benzene rings is 2. The van der Waals surface area contributed by atoms with Crippen molar-refractivity contribution < 1.29 is 19.1 Å². The van der Waals surface area contributed by atoms with Gasteiger partial charge in [-0.25, -0.2) is 0 Å². The molecule has 2 fully saturated rings. The number of carbonyl (C=O) groups excluding carboxylic acids is 2. The van der Waals surface area contributed by atoms with Gasteiger partial charge in [-0.15, -0.1) is 0 Å². The topological polar surface area (TPSA) is 69.6 Å². The highest BCUT2D eigenvalue weighted by Gasteiger charge is 2.54. The van der Waals surface area contributed by atoms with Gasteiger partial charge in [-0.05, 0) is 47.6 Å². The van der Waals surface area contributed by atoms with Crippen LogP contribution in [0.1, 0.15) is 44.2 Å². The highest BCUT2D eigenvalue weighted by atomic mass is 16.5. The number of amides is 1. The number of Topliss-reactive ketones (excluding diaryl/α,β-unsaturated/α-hetero) is 1. The van der Waals surface area contributed by atoms with E-state index in [1.807, 2.05) is 13.1 Å². The highest BCUT2D eigenvalue weighted by Crippen LogP contribution is 2.53. The molecule has 1 N–H and O–H groups in total. The Hall–Kier alpha value is -3.12. The van der Waals surface area contributed by atoms with E-state index in [4.69, 9.17) is 9.47 Å². The average Bonchev–Trinajstić information content (AvgIpc) is 3.27. The van der Waals surface area contributed by atoms with E-state index in [0.717, 1.165) is 29.9 Å². The number of hydrogen-bond acceptors (Lipinski definition) is 4. The van der Waals surface area contributed by atoms with Gasteiger partial charge in [0.2, 0.25) is 0 Å². The van der Waals surface area contributed by atoms with Crippen LogP contribution in [0.25, 0.3) is 10.9 Å². The summed E-state index contributed by atoms with van der Waals surface area (Å²) in [6.45, 7) is 2.00. The van der Waals surface area contributed by atoms with Gasteiger partial charge in [0, 0.05) is 54.7 Å². The van der Waals surface area contributed by atoms with Crippen molar-refractivity contribution in [3.63, 3.8) is 0 Å². The van der Waals surface area contributed by atoms with E-state index in [1.54, 1.807) is 13.1 Å². The SMILES string of the molecule is CNC(=O)c1cc(C(=O)CC2[C@H]3COC[C@@H]23)cc2c1OCC2c1cccc2c1ccn2C. The summed E-state index contributed by atoms with van der Waals surface area (Å²) in [4.78, 5) is 25.9. The average molecular weight is 431 g/mol. The fourth-order valence-electron chi connectivity index (χ4n) is 5.67. The second-order valence-electron chi connectivity index (χ2n) is 9.25. The summed E-state index contributed by atoms with van der Waals surface area (Å²) in [6, 6.07) is 12.1. The van der Waals surface area contributed by atoms with Gasteiger partial charge in [0.05, 0.1) is 25.4 Å². The van der Waals surface area contributed by atoms with Gasteiger partial charge in [0.15, 0.2) is 5.78 Å². The zero-order chi connectivity index (χ0) is 22.0. The molecule has 164 valence electrons. The van der Waals surface area contributed by atoms with Gasteiger partial charge >= 0.3 is 0 Å². The fraction of sp³-hybridized carbons (Fsp3) is 0.385. The number of ketones is 1. The minimum Gasteiger partial charge on any atom is -0.491 e. The molecule has 1 aliphatic carbocycles. The molecule has 0 radical (unpaired) electrons. The van der Waals surface area contributed by atoms with Crippen LogP contribution in [0.5, 0.6) is 5.75 Å². The Morgan fingerprint density at radius 2 is 1.91 bits per heavy atom. The lowest BCUT2D eigenvalue weighted by Crippen LogP contribution is -2.19. The van der Waals surface area contributed by atoms with Crippen molar-refractivity contribution in [2.75, 3.05) is 26.9 Å². The Kier molecular flexibility index (Phi) is 4.40. The van der Waals surface area contributed by atoms with Crippen LogP contribution in [0, 0.1) is 17.8 Å². The van der Waals surface area contributed by atoms with Crippen LogP contribution < -0.4 is 10.1 Å². The zero-order valence-corrected chi connectivity index (χ0v) is 18.3. The van der Waals surface area contributed by atoms with E-state index >= 15 is 0 Å². The van der Waals surface area contributed by atoms with Gasteiger partial charge in [-0.3, -0.25) is 9.59 Å². The van der Waals surface area contributed by atoms with Crippen molar-refractivity contribution in [2.45, 2.75) is 12.3 Å². The lowest BCUT2D eigenvalue weighted by molar-refractivity contribution is 0.0950. The molecule has 6 heteroatoms. The van der Waals surface area contributed by atoms with Crippen LogP contribution in [0.2, 0.25) is 0 Å². The second-order valence-corrected chi connectivity index (χ2v) is 9.25. The van der Waals surface area contributed by atoms with Crippen LogP contribution in [0.15, 0.2) is 42.6 Å². The summed E-state index contributed by atoms with van der Waals surface area (Å²) in [6.07, 6.45) is 2.57. The number of aromatic nitrogens is 1. The lowest BCUT2D eigenvalue weighted by Gasteiger charge is -2.14. The Balaban J connectivity index is 1.41. The lowest BCUT2D eigenvalue weighted by atomic mass is 9.87. The molecular formula is C26H26N2O4. The van der Waals surface area contributed by atoms with Crippen molar-refractivity contribution in [1.82, 2.24) is 9.88 Å². The van der Waals surface area contributed by atoms with Crippen molar-refractivity contribution in [1.29, 1.82) is 0 Å². The standard InChI is InChI=1S/C26H26N2O4/c1-27-26(30)19-9-14(24(29)10-17-20-11-31-12-21(17)20)8-18-22(13-32-25(18)19)15-4-3-5-23-16(15)6-7-28(23)2/h3-9,17,20-22H,10-13H2,1-2H3,(H,27,30)/t17?,20-,21+,22?. The molecule has 0 spiro atoms. The molecule has 6 nitrogen and oxygen atoms in total. The molecule has 1 amide bonds. The first-order valence-corrected chi connectivity index (χ1v) is 11.2. The van der Waals surface area contributed by atoms with Gasteiger partial charge < -0.3 is 19.4 Å². The Bertz CT molecular complexity index is 1250. The molecule has 3 aliphatic rings. The third-order valence-electron chi connectivity index (χ3n) is 7.57. The number of aryl methyl sites for hydroxylation is 1. The van der Waals surface area contributed by atoms with Gasteiger partial charge in [0.1, 0.15) is 5.75 Å². The van der Waals surface area contributed by atoms with Crippen molar-refractivity contribution in [2.24, 2.45) is 24.8 Å². The largest absolute Gasteiger partial charge is 0.491 e. The van der Waals surface area contributed by atoms with Crippen LogP contribution in [-0.2, 0) is 11.8 Å². The number of hydrogen-bond donors (Lipinski definition) is 1. The molecule has 2 aliphatic heterocycles. The maximum Gasteiger partial charge on any atom is 0.254 e. The molecule has 0 bridgehead atoms. The van der Waals surface area contributed by atoms with Gasteiger partial charge in [-0.1, -0.05) is 12.1 Å². The maximum atomic E-state index is 13.2. The number of rotatable bonds is 5. The Morgan fingerprint density at radius 3 is 2.69 bits per heavy atom. The van der Waals surface area contributed by atoms with Crippen molar-refractivity contribution >= 4 is 22.6 Å². The Morgan fingerprint density at radius 1 is 1.09 bits per heavy atom. The minimum absolute atomic E-state index is 0.0269. The van der Waals surface area contributed by atoms with Gasteiger partial charge in [0.25, 0.3) is 5.91 Å². The second kappa shape index (κ2) is 7.20. The number of nitrogens with one attached hydrogen (secondary N) is 1. The number of carbonyl (C=O) groups is 2. The Labute approximate surface area is 186 Å². The van der Waals surface area contributed by atoms with Crippen molar-refractivity contribution in [3.8, 4) is 5.75 Å². The van der Waals surface area contributed by atoms with Crippen LogP contribution >= 0.6 is 0 Å². The molecule has 4 atom stereocenters. The monoisotopic (exact) mass is 430 g/mol. The fourth-order valence-corrected chi connectivity index (χ4v) is 5.67. The molecule has 1 saturated heterocycles. The summed E-state index contributed by atoms with van der Waals surface area (Å²) in [7, 11) is 3.63. The van der Waals surface area contributed by atoms with E-state index in [-0.39, 0.29) is 17.6 Å². The number of fused-ring (bicyclic) bond motifs is 3. The van der Waals surface area contributed by atoms with E-state index in [2.05, 4.69) is 40.3 Å². The third-order valence-corrected chi connectivity index (χ3v) is 7.57. The highest BCUT2D eigenvalue weighted by molar-refractivity contribution is 6.03. The first-order valence-electron chi connectivity index (χ1n) is 11.2. The zero-order valence-electron chi connectivity index (χ0n) is 18.3. The summed E-state index contributed by atoms with van der Waals surface area (Å²) < 4.78 is 13.6. The molecule has 32 heavy (non-hydrogen) atoms. The third kappa shape index (κ3) is 2.89. The molecule has 3 aromatic rings. The summed E-state index contributed by atoms with van der Waals surface area (Å²) >= 11 is 0. The molecule has 1 aromatic heterocycles. The van der Waals surface area contributed by atoms with E-state index in [9.17, 15) is 9.59 Å². The minimum atomic E-state index is -0.230. The molecule has 6 rings (SSSR count). The van der Waals surface area contributed by atoms with Crippen LogP contribution in [-0.4, -0.2) is 43.1 Å². The normalized spacial score (nSPS) is 25.3. The molecule has 3 heterocycles. The van der Waals surface area contributed by atoms with Crippen LogP contribution in [0.3, 0.4) is 0 Å². The van der Waals surface area contributed by atoms with E-state index in [1.165, 1.54) is 5.39 Å². The molecule has 2 aromatic carbocycles. The van der Waals surface area contributed by atoms with Crippen molar-refractivity contribution in [3.05, 3.63) is 64.8 Å². The maximum absolute atomic E-state index is 13.2. The molecule has 1 saturated carbocycles. The first-order chi connectivity index (χ1) is 15.6. The first kappa shape index (κ1) is 19.6. The van der Waals surface area contributed by atoms with Crippen LogP contribution in [0.4, 0.5) is 0 Å². The van der Waals surface area contributed by atoms with E-state index < -0.39 is 0 Å². The predicted octanol–water partition coefficient (Wildman–Crippen LogP) is 3.53. The molecular weight excluding hydrogens is 404 g/mol. The predicted molar refractivity (Wildman–Crippen MR) is 120 cm³/mol. The quantitative estimate of drug-likeness (QED) is 0.629. The summed E-state index contributed by atoms with van der Waals surface area (Å²) in [5, 5.41) is 3.87. The summed E-state index contributed by atoms with van der Waals surface area (Å²) in [5.74, 6) is 1.90. The smallest absolute Gasteiger partial charge is 0.254 e. The van der Waals surface area contributed by atoms with Gasteiger partial charge in [-0.2, -0.15) is 0 Å². The number of nitrogens with zero attached hydrogens (tertiary/aromatic N) is 1. The molecule has 2 unspecified atom stereocenters. The number of ether oxygens (including phenoxy) is 2. The van der Waals surface area contributed by atoms with E-state index in [0.29, 0.717) is 47.7 Å². The summed E-state index contributed by atoms with van der Waals surface area (Å²) in [5.41, 5.74) is 4.27.